The summed E-state index contributed by atoms with van der Waals surface area (Å²) in [7, 11) is 0. The van der Waals surface area contributed by atoms with Crippen LogP contribution in [0.2, 0.25) is 0 Å². The van der Waals surface area contributed by atoms with E-state index in [-0.39, 0.29) is 0 Å². The van der Waals surface area contributed by atoms with Crippen LogP contribution in [-0.2, 0) is 11.3 Å². The number of ether oxygens (including phenoxy) is 1. The molecule has 3 nitrogen and oxygen atoms in total. The molecule has 1 aliphatic heterocycles. The minimum absolute atomic E-state index is 0.822. The Hall–Kier alpha value is -1.06. The summed E-state index contributed by atoms with van der Waals surface area (Å²) >= 11 is 0. The highest BCUT2D eigenvalue weighted by Gasteiger charge is 2.13. The lowest BCUT2D eigenvalue weighted by Gasteiger charge is -2.24. The van der Waals surface area contributed by atoms with Gasteiger partial charge in [0.1, 0.15) is 0 Å². The van der Waals surface area contributed by atoms with Gasteiger partial charge in [0.25, 0.3) is 0 Å². The zero-order valence-electron chi connectivity index (χ0n) is 10.6. The predicted molar refractivity (Wildman–Crippen MR) is 71.5 cm³/mol. The second-order valence-electron chi connectivity index (χ2n) is 4.40. The third-order valence-electron chi connectivity index (χ3n) is 3.06. The van der Waals surface area contributed by atoms with E-state index in [0.29, 0.717) is 0 Å². The molecule has 0 radical (unpaired) electrons. The number of rotatable bonds is 5. The van der Waals surface area contributed by atoms with Crippen LogP contribution in [0.15, 0.2) is 24.3 Å². The Labute approximate surface area is 104 Å². The van der Waals surface area contributed by atoms with E-state index >= 15 is 0 Å². The fourth-order valence-electron chi connectivity index (χ4n) is 2.18. The highest BCUT2D eigenvalue weighted by Crippen LogP contribution is 2.21. The number of nitrogens with zero attached hydrogens (tertiary/aromatic N) is 1. The third kappa shape index (κ3) is 3.45. The molecular formula is C14H22N2O. The highest BCUT2D eigenvalue weighted by atomic mass is 16.5. The number of fused-ring (bicyclic) bond motifs is 1. The first-order valence-corrected chi connectivity index (χ1v) is 6.53. The minimum atomic E-state index is 0.822. The van der Waals surface area contributed by atoms with Crippen LogP contribution >= 0.6 is 0 Å². The topological polar surface area (TPSA) is 24.5 Å². The van der Waals surface area contributed by atoms with Crippen molar-refractivity contribution in [2.75, 3.05) is 37.7 Å². The van der Waals surface area contributed by atoms with Crippen molar-refractivity contribution in [2.45, 2.75) is 19.9 Å². The first-order chi connectivity index (χ1) is 8.42. The lowest BCUT2D eigenvalue weighted by molar-refractivity contribution is 0.141. The summed E-state index contributed by atoms with van der Waals surface area (Å²) in [5.41, 5.74) is 2.75. The van der Waals surface area contributed by atoms with Crippen molar-refractivity contribution >= 4 is 5.69 Å². The normalized spacial score (nSPS) is 15.5. The van der Waals surface area contributed by atoms with Crippen LogP contribution in [0.5, 0.6) is 0 Å². The summed E-state index contributed by atoms with van der Waals surface area (Å²) in [5, 5.41) is 3.45. The molecule has 0 amide bonds. The average molecular weight is 234 g/mol. The van der Waals surface area contributed by atoms with Crippen LogP contribution in [0.1, 0.15) is 18.9 Å². The molecular weight excluding hydrogens is 212 g/mol. The summed E-state index contributed by atoms with van der Waals surface area (Å²) in [6.07, 6.45) is 1.10. The maximum absolute atomic E-state index is 5.58. The SMILES string of the molecule is CCCOCCN1CCNCc2ccccc21. The van der Waals surface area contributed by atoms with Gasteiger partial charge in [0.2, 0.25) is 0 Å². The van der Waals surface area contributed by atoms with E-state index in [2.05, 4.69) is 41.4 Å². The number of hydrogen-bond acceptors (Lipinski definition) is 3. The molecule has 0 bridgehead atoms. The second kappa shape index (κ2) is 6.62. The molecule has 0 aromatic heterocycles. The van der Waals surface area contributed by atoms with Gasteiger partial charge < -0.3 is 15.0 Å². The van der Waals surface area contributed by atoms with Gasteiger partial charge in [-0.3, -0.25) is 0 Å². The van der Waals surface area contributed by atoms with E-state index < -0.39 is 0 Å². The van der Waals surface area contributed by atoms with Gasteiger partial charge in [0, 0.05) is 38.5 Å². The van der Waals surface area contributed by atoms with E-state index in [1.54, 1.807) is 0 Å². The van der Waals surface area contributed by atoms with E-state index in [9.17, 15) is 0 Å². The average Bonchev–Trinajstić information content (AvgIpc) is 2.57. The van der Waals surface area contributed by atoms with Crippen LogP contribution in [-0.4, -0.2) is 32.8 Å². The molecule has 0 unspecified atom stereocenters. The molecule has 3 heteroatoms. The molecule has 94 valence electrons. The monoisotopic (exact) mass is 234 g/mol. The smallest absolute Gasteiger partial charge is 0.0641 e. The molecule has 0 saturated carbocycles. The van der Waals surface area contributed by atoms with E-state index in [1.807, 2.05) is 0 Å². The minimum Gasteiger partial charge on any atom is -0.380 e. The van der Waals surface area contributed by atoms with E-state index in [0.717, 1.165) is 45.8 Å². The Bertz CT molecular complexity index is 341. The summed E-state index contributed by atoms with van der Waals surface area (Å²) in [5.74, 6) is 0. The van der Waals surface area contributed by atoms with Crippen molar-refractivity contribution < 1.29 is 4.74 Å². The number of para-hydroxylation sites is 1. The first-order valence-electron chi connectivity index (χ1n) is 6.53. The van der Waals surface area contributed by atoms with Crippen molar-refractivity contribution in [1.82, 2.24) is 5.32 Å². The van der Waals surface area contributed by atoms with Crippen molar-refractivity contribution in [3.63, 3.8) is 0 Å². The molecule has 1 aromatic rings. The van der Waals surface area contributed by atoms with Crippen molar-refractivity contribution in [1.29, 1.82) is 0 Å². The lowest BCUT2D eigenvalue weighted by atomic mass is 10.1. The molecule has 1 N–H and O–H groups in total. The number of hydrogen-bond donors (Lipinski definition) is 1. The zero-order valence-corrected chi connectivity index (χ0v) is 10.6. The number of nitrogens with one attached hydrogen (secondary N) is 1. The van der Waals surface area contributed by atoms with Crippen molar-refractivity contribution in [3.05, 3.63) is 29.8 Å². The molecule has 1 heterocycles. The van der Waals surface area contributed by atoms with Gasteiger partial charge in [-0.1, -0.05) is 25.1 Å². The third-order valence-corrected chi connectivity index (χ3v) is 3.06. The number of benzene rings is 1. The predicted octanol–water partition coefficient (Wildman–Crippen LogP) is 2.02. The van der Waals surface area contributed by atoms with Gasteiger partial charge in [-0.05, 0) is 18.1 Å². The Morgan fingerprint density at radius 1 is 1.29 bits per heavy atom. The van der Waals surface area contributed by atoms with Gasteiger partial charge in [-0.25, -0.2) is 0 Å². The quantitative estimate of drug-likeness (QED) is 0.789. The van der Waals surface area contributed by atoms with E-state index in [1.165, 1.54) is 11.3 Å². The summed E-state index contributed by atoms with van der Waals surface area (Å²) < 4.78 is 5.58. The molecule has 0 saturated heterocycles. The summed E-state index contributed by atoms with van der Waals surface area (Å²) in [4.78, 5) is 2.42. The maximum Gasteiger partial charge on any atom is 0.0641 e. The van der Waals surface area contributed by atoms with Crippen LogP contribution in [0.4, 0.5) is 5.69 Å². The van der Waals surface area contributed by atoms with Crippen molar-refractivity contribution in [2.24, 2.45) is 0 Å². The molecule has 0 fully saturated rings. The van der Waals surface area contributed by atoms with Gasteiger partial charge in [0.05, 0.1) is 6.61 Å². The molecule has 0 spiro atoms. The lowest BCUT2D eigenvalue weighted by Crippen LogP contribution is -2.31. The fraction of sp³-hybridized carbons (Fsp3) is 0.571. The Morgan fingerprint density at radius 3 is 3.06 bits per heavy atom. The van der Waals surface area contributed by atoms with Gasteiger partial charge in [0.15, 0.2) is 0 Å². The van der Waals surface area contributed by atoms with Crippen LogP contribution in [0.25, 0.3) is 0 Å². The Kier molecular flexibility index (Phi) is 4.83. The Balaban J connectivity index is 1.97. The zero-order chi connectivity index (χ0) is 11.9. The molecule has 17 heavy (non-hydrogen) atoms. The molecule has 2 rings (SSSR count). The maximum atomic E-state index is 5.58. The highest BCUT2D eigenvalue weighted by molar-refractivity contribution is 5.54. The molecule has 0 aliphatic carbocycles. The molecule has 1 aliphatic rings. The number of anilines is 1. The van der Waals surface area contributed by atoms with Crippen LogP contribution < -0.4 is 10.2 Å². The second-order valence-corrected chi connectivity index (χ2v) is 4.40. The fourth-order valence-corrected chi connectivity index (χ4v) is 2.18. The summed E-state index contributed by atoms with van der Waals surface area (Å²) in [6, 6.07) is 8.64. The standard InChI is InChI=1S/C14H22N2O/c1-2-10-17-11-9-16-8-7-15-12-13-5-3-4-6-14(13)16/h3-6,15H,2,7-12H2,1H3. The van der Waals surface area contributed by atoms with E-state index in [4.69, 9.17) is 4.74 Å². The van der Waals surface area contributed by atoms with Gasteiger partial charge in [-0.15, -0.1) is 0 Å². The van der Waals surface area contributed by atoms with Crippen LogP contribution in [0, 0.1) is 0 Å². The first kappa shape index (κ1) is 12.4. The van der Waals surface area contributed by atoms with Gasteiger partial charge >= 0.3 is 0 Å². The van der Waals surface area contributed by atoms with Gasteiger partial charge in [-0.2, -0.15) is 0 Å². The largest absolute Gasteiger partial charge is 0.380 e. The molecule has 0 atom stereocenters. The molecule has 1 aromatic carbocycles. The Morgan fingerprint density at radius 2 is 2.18 bits per heavy atom. The van der Waals surface area contributed by atoms with Crippen molar-refractivity contribution in [3.8, 4) is 0 Å². The summed E-state index contributed by atoms with van der Waals surface area (Å²) in [6.45, 7) is 7.90. The van der Waals surface area contributed by atoms with Crippen LogP contribution in [0.3, 0.4) is 0 Å².